The Bertz CT molecular complexity index is 1240. The number of nitrogens with zero attached hydrogens (tertiary/aromatic N) is 2. The highest BCUT2D eigenvalue weighted by Gasteiger charge is 2.74. The predicted octanol–water partition coefficient (Wildman–Crippen LogP) is 5.26. The maximum Gasteiger partial charge on any atom is 0.276 e. The number of rotatable bonds is 5. The Morgan fingerprint density at radius 3 is 2.19 bits per heavy atom. The molecule has 2 heterocycles. The van der Waals surface area contributed by atoms with Crippen LogP contribution in [0.3, 0.4) is 0 Å². The number of hydrazine groups is 1. The van der Waals surface area contributed by atoms with E-state index >= 15 is 0 Å². The number of hydrogen-bond donors (Lipinski definition) is 0. The van der Waals surface area contributed by atoms with Crippen LogP contribution in [0.25, 0.3) is 0 Å². The predicted molar refractivity (Wildman–Crippen MR) is 141 cm³/mol. The van der Waals surface area contributed by atoms with Crippen molar-refractivity contribution in [2.24, 2.45) is 0 Å². The van der Waals surface area contributed by atoms with Crippen LogP contribution in [-0.2, 0) is 4.43 Å². The van der Waals surface area contributed by atoms with Crippen molar-refractivity contribution in [3.8, 4) is 17.6 Å². The molecule has 36 heavy (non-hydrogen) atoms. The van der Waals surface area contributed by atoms with Crippen molar-refractivity contribution in [2.75, 3.05) is 7.11 Å². The van der Waals surface area contributed by atoms with Crippen molar-refractivity contribution in [2.45, 2.75) is 75.9 Å². The molecule has 7 heteroatoms. The molecular weight excluding hydrogens is 468 g/mol. The molecule has 6 nitrogen and oxygen atoms in total. The lowest BCUT2D eigenvalue weighted by Gasteiger charge is -2.40. The van der Waals surface area contributed by atoms with E-state index in [0.29, 0.717) is 11.1 Å². The molecule has 4 unspecified atom stereocenters. The van der Waals surface area contributed by atoms with Crippen LogP contribution in [0.5, 0.6) is 5.75 Å². The van der Waals surface area contributed by atoms with Crippen molar-refractivity contribution in [1.29, 1.82) is 0 Å². The highest BCUT2D eigenvalue weighted by Crippen LogP contribution is 2.58. The smallest absolute Gasteiger partial charge is 0.276 e. The first-order valence-corrected chi connectivity index (χ1v) is 15.5. The third-order valence-corrected chi connectivity index (χ3v) is 12.8. The van der Waals surface area contributed by atoms with Gasteiger partial charge in [0.2, 0.25) is 0 Å². The second-order valence-electron chi connectivity index (χ2n) is 11.5. The lowest BCUT2D eigenvalue weighted by molar-refractivity contribution is 0.0168. The summed E-state index contributed by atoms with van der Waals surface area (Å²) in [4.78, 5) is 26.7. The zero-order chi connectivity index (χ0) is 25.9. The summed E-state index contributed by atoms with van der Waals surface area (Å²) < 4.78 is 12.3. The van der Waals surface area contributed by atoms with Crippen molar-refractivity contribution in [3.05, 3.63) is 65.2 Å². The van der Waals surface area contributed by atoms with Gasteiger partial charge in [0.25, 0.3) is 11.8 Å². The molecule has 2 aromatic rings. The molecule has 3 aliphatic rings. The normalized spacial score (nSPS) is 25.7. The highest BCUT2D eigenvalue weighted by atomic mass is 28.4. The summed E-state index contributed by atoms with van der Waals surface area (Å²) in [6.07, 6.45) is 2.35. The number of carbonyl (C=O) groups is 2. The minimum absolute atomic E-state index is 0.00692. The van der Waals surface area contributed by atoms with E-state index in [9.17, 15) is 9.59 Å². The Morgan fingerprint density at radius 1 is 1.03 bits per heavy atom. The highest BCUT2D eigenvalue weighted by molar-refractivity contribution is 6.74. The van der Waals surface area contributed by atoms with Gasteiger partial charge in [0.1, 0.15) is 11.9 Å². The van der Waals surface area contributed by atoms with Crippen LogP contribution >= 0.6 is 0 Å². The van der Waals surface area contributed by atoms with Gasteiger partial charge in [-0.3, -0.25) is 9.59 Å². The van der Waals surface area contributed by atoms with Crippen LogP contribution in [0, 0.1) is 11.8 Å². The minimum Gasteiger partial charge on any atom is -0.497 e. The number of methoxy groups -OCH3 is 1. The van der Waals surface area contributed by atoms with E-state index in [0.717, 1.165) is 30.6 Å². The topological polar surface area (TPSA) is 58.9 Å². The number of hydrogen-bond acceptors (Lipinski definition) is 5. The Morgan fingerprint density at radius 2 is 1.64 bits per heavy atom. The summed E-state index contributed by atoms with van der Waals surface area (Å²) in [7, 11) is -0.570. The van der Waals surface area contributed by atoms with E-state index in [2.05, 4.69) is 45.7 Å². The fourth-order valence-electron chi connectivity index (χ4n) is 5.30. The van der Waals surface area contributed by atoms with E-state index in [-0.39, 0.29) is 22.9 Å². The number of amides is 2. The molecule has 2 amide bonds. The van der Waals surface area contributed by atoms with Gasteiger partial charge in [-0.15, -0.1) is 0 Å². The zero-order valence-electron chi connectivity index (χ0n) is 21.9. The average molecular weight is 503 g/mol. The summed E-state index contributed by atoms with van der Waals surface area (Å²) >= 11 is 0. The Kier molecular flexibility index (Phi) is 5.90. The van der Waals surface area contributed by atoms with Crippen LogP contribution in [0.1, 0.15) is 66.3 Å². The molecule has 1 saturated carbocycles. The monoisotopic (exact) mass is 502 g/mol. The molecule has 0 radical (unpaired) electrons. The van der Waals surface area contributed by atoms with Crippen molar-refractivity contribution in [1.82, 2.24) is 10.0 Å². The first-order valence-electron chi connectivity index (χ1n) is 12.6. The second-order valence-corrected chi connectivity index (χ2v) is 16.2. The first-order chi connectivity index (χ1) is 17.0. The summed E-state index contributed by atoms with van der Waals surface area (Å²) in [6, 6.07) is 14.8. The van der Waals surface area contributed by atoms with Gasteiger partial charge in [-0.25, -0.2) is 5.01 Å². The minimum atomic E-state index is -2.21. The van der Waals surface area contributed by atoms with Crippen molar-refractivity contribution >= 4 is 20.1 Å². The second kappa shape index (κ2) is 8.58. The van der Waals surface area contributed by atoms with E-state index in [4.69, 9.17) is 9.16 Å². The summed E-state index contributed by atoms with van der Waals surface area (Å²) in [5.74, 6) is 7.07. The molecular formula is C29H34N2O4Si. The number of ether oxygens (including phenoxy) is 1. The lowest BCUT2D eigenvalue weighted by atomic mass is 9.99. The van der Waals surface area contributed by atoms with E-state index in [1.165, 1.54) is 5.01 Å². The molecule has 1 aliphatic carbocycles. The molecule has 2 aliphatic heterocycles. The fourth-order valence-corrected chi connectivity index (χ4v) is 6.51. The molecule has 188 valence electrons. The van der Waals surface area contributed by atoms with Gasteiger partial charge in [0.15, 0.2) is 8.32 Å². The van der Waals surface area contributed by atoms with E-state index < -0.39 is 20.0 Å². The molecule has 2 aromatic carbocycles. The maximum absolute atomic E-state index is 13.4. The molecule has 1 saturated heterocycles. The number of carbonyl (C=O) groups excluding carboxylic acids is 2. The summed E-state index contributed by atoms with van der Waals surface area (Å²) in [5, 5.41) is 3.35. The molecule has 0 bridgehead atoms. The molecule has 0 aromatic heterocycles. The fraction of sp³-hybridized carbons (Fsp3) is 0.448. The van der Waals surface area contributed by atoms with Gasteiger partial charge in [0, 0.05) is 5.56 Å². The number of piperidine rings is 1. The summed E-state index contributed by atoms with van der Waals surface area (Å²) in [5.41, 5.74) is 1.32. The first kappa shape index (κ1) is 24.8. The number of imide groups is 1. The van der Waals surface area contributed by atoms with Crippen molar-refractivity contribution < 1.29 is 18.8 Å². The molecule has 0 N–H and O–H groups in total. The van der Waals surface area contributed by atoms with Gasteiger partial charge in [-0.05, 0) is 73.8 Å². The molecule has 0 spiro atoms. The van der Waals surface area contributed by atoms with Gasteiger partial charge < -0.3 is 9.16 Å². The largest absolute Gasteiger partial charge is 0.497 e. The SMILES string of the molecule is COc1ccc(C#CC(O[Si](C)(C)C(C)(C)C)C23CCCC2N3N2C(=O)c3ccccc3C2=O)cc1. The van der Waals surface area contributed by atoms with E-state index in [1.807, 2.05) is 29.3 Å². The maximum atomic E-state index is 13.4. The third-order valence-electron chi connectivity index (χ3n) is 8.38. The van der Waals surface area contributed by atoms with Crippen LogP contribution in [0.4, 0.5) is 0 Å². The Balaban J connectivity index is 1.52. The Labute approximate surface area is 214 Å². The quantitative estimate of drug-likeness (QED) is 0.242. The van der Waals surface area contributed by atoms with Crippen LogP contribution in [0.2, 0.25) is 18.1 Å². The average Bonchev–Trinajstić information content (AvgIpc) is 3.13. The van der Waals surface area contributed by atoms with Crippen LogP contribution in [0.15, 0.2) is 48.5 Å². The van der Waals surface area contributed by atoms with Crippen LogP contribution < -0.4 is 4.74 Å². The zero-order valence-corrected chi connectivity index (χ0v) is 22.9. The standard InChI is InChI=1S/C29H34N2O4Si/c1-28(2,3)36(5,6)35-25(18-15-20-13-16-21(34-4)17-14-20)29-19-9-12-24(29)31(29)30-26(32)22-10-7-8-11-23(22)27(30)33/h7-8,10-11,13-14,16-17,24-25H,9,12,19H2,1-6H3. The van der Waals surface area contributed by atoms with Gasteiger partial charge >= 0.3 is 0 Å². The molecule has 2 fully saturated rings. The number of fused-ring (bicyclic) bond motifs is 2. The van der Waals surface area contributed by atoms with Gasteiger partial charge in [0.05, 0.1) is 29.8 Å². The Hall–Kier alpha value is -2.92. The van der Waals surface area contributed by atoms with Crippen molar-refractivity contribution in [3.63, 3.8) is 0 Å². The van der Waals surface area contributed by atoms with Gasteiger partial charge in [-0.1, -0.05) is 44.7 Å². The molecule has 5 rings (SSSR count). The third kappa shape index (κ3) is 3.79. The lowest BCUT2D eigenvalue weighted by Crippen LogP contribution is -2.50. The van der Waals surface area contributed by atoms with Crippen LogP contribution in [-0.4, -0.2) is 54.9 Å². The number of benzene rings is 2. The van der Waals surface area contributed by atoms with E-state index in [1.54, 1.807) is 31.4 Å². The molecule has 4 atom stereocenters. The van der Waals surface area contributed by atoms with Gasteiger partial charge in [-0.2, -0.15) is 5.01 Å². The summed E-state index contributed by atoms with van der Waals surface area (Å²) in [6.45, 7) is 11.1.